The van der Waals surface area contributed by atoms with Crippen molar-refractivity contribution in [3.8, 4) is 6.07 Å². The summed E-state index contributed by atoms with van der Waals surface area (Å²) in [4.78, 5) is 17.1. The standard InChI is InChI=1S/C19H25N3O2/c1-4-24-17(23)19(3)13-18(2,14-20)16-21(10-11-22(16)19)12-15-8-6-5-7-9-15/h5-9,16H,4,10-13H2,1-3H3/t16-,18-,19-/m0/s1. The van der Waals surface area contributed by atoms with Crippen molar-refractivity contribution in [2.45, 2.75) is 45.4 Å². The fourth-order valence-electron chi connectivity index (χ4n) is 4.41. The maximum Gasteiger partial charge on any atom is 0.326 e. The monoisotopic (exact) mass is 327 g/mol. The molecule has 0 spiro atoms. The van der Waals surface area contributed by atoms with E-state index >= 15 is 0 Å². The van der Waals surface area contributed by atoms with Gasteiger partial charge >= 0.3 is 5.97 Å². The molecule has 2 fully saturated rings. The van der Waals surface area contributed by atoms with Crippen LogP contribution in [-0.4, -0.2) is 47.2 Å². The number of hydrogen-bond acceptors (Lipinski definition) is 5. The second-order valence-corrected chi connectivity index (χ2v) is 7.22. The van der Waals surface area contributed by atoms with E-state index in [2.05, 4.69) is 28.0 Å². The average Bonchev–Trinajstić information content (AvgIpc) is 3.09. The summed E-state index contributed by atoms with van der Waals surface area (Å²) in [5, 5.41) is 9.84. The van der Waals surface area contributed by atoms with Gasteiger partial charge in [-0.05, 0) is 32.8 Å². The second kappa shape index (κ2) is 6.19. The normalized spacial score (nSPS) is 33.2. The summed E-state index contributed by atoms with van der Waals surface area (Å²) in [6.45, 7) is 8.51. The molecule has 0 unspecified atom stereocenters. The number of carbonyl (C=O) groups is 1. The maximum atomic E-state index is 12.6. The Morgan fingerprint density at radius 2 is 2.04 bits per heavy atom. The van der Waals surface area contributed by atoms with Crippen molar-refractivity contribution in [2.75, 3.05) is 19.7 Å². The molecule has 24 heavy (non-hydrogen) atoms. The second-order valence-electron chi connectivity index (χ2n) is 7.22. The van der Waals surface area contributed by atoms with Gasteiger partial charge in [-0.2, -0.15) is 5.26 Å². The number of benzene rings is 1. The smallest absolute Gasteiger partial charge is 0.326 e. The first-order chi connectivity index (χ1) is 11.4. The molecule has 2 saturated heterocycles. The van der Waals surface area contributed by atoms with Crippen LogP contribution in [-0.2, 0) is 16.1 Å². The molecule has 5 nitrogen and oxygen atoms in total. The Bertz CT molecular complexity index is 656. The van der Waals surface area contributed by atoms with Crippen molar-refractivity contribution in [3.05, 3.63) is 35.9 Å². The summed E-state index contributed by atoms with van der Waals surface area (Å²) in [5.74, 6) is -0.212. The van der Waals surface area contributed by atoms with Gasteiger partial charge in [0.25, 0.3) is 0 Å². The number of nitrogens with zero attached hydrogens (tertiary/aromatic N) is 3. The first-order valence-electron chi connectivity index (χ1n) is 8.58. The third-order valence-electron chi connectivity index (χ3n) is 5.38. The summed E-state index contributed by atoms with van der Waals surface area (Å²) >= 11 is 0. The molecule has 2 aliphatic rings. The Balaban J connectivity index is 1.89. The molecule has 0 saturated carbocycles. The topological polar surface area (TPSA) is 56.6 Å². The third-order valence-corrected chi connectivity index (χ3v) is 5.38. The van der Waals surface area contributed by atoms with E-state index < -0.39 is 11.0 Å². The van der Waals surface area contributed by atoms with Crippen molar-refractivity contribution in [1.29, 1.82) is 5.26 Å². The minimum Gasteiger partial charge on any atom is -0.465 e. The molecule has 0 radical (unpaired) electrons. The maximum absolute atomic E-state index is 12.6. The molecule has 0 N–H and O–H groups in total. The van der Waals surface area contributed by atoms with E-state index in [1.54, 1.807) is 0 Å². The van der Waals surface area contributed by atoms with E-state index in [-0.39, 0.29) is 12.1 Å². The van der Waals surface area contributed by atoms with E-state index in [4.69, 9.17) is 4.74 Å². The number of fused-ring (bicyclic) bond motifs is 1. The van der Waals surface area contributed by atoms with Gasteiger partial charge in [0.1, 0.15) is 5.54 Å². The average molecular weight is 327 g/mol. The molecular formula is C19H25N3O2. The van der Waals surface area contributed by atoms with E-state index in [0.717, 1.165) is 19.6 Å². The van der Waals surface area contributed by atoms with Crippen LogP contribution in [0.3, 0.4) is 0 Å². The van der Waals surface area contributed by atoms with Crippen molar-refractivity contribution >= 4 is 5.97 Å². The van der Waals surface area contributed by atoms with Crippen LogP contribution in [0.4, 0.5) is 0 Å². The number of carbonyl (C=O) groups excluding carboxylic acids is 1. The molecule has 5 heteroatoms. The van der Waals surface area contributed by atoms with Crippen molar-refractivity contribution in [2.24, 2.45) is 5.41 Å². The van der Waals surface area contributed by atoms with Crippen LogP contribution in [0.2, 0.25) is 0 Å². The molecule has 0 aromatic heterocycles. The zero-order valence-corrected chi connectivity index (χ0v) is 14.7. The lowest BCUT2D eigenvalue weighted by molar-refractivity contribution is -0.155. The SMILES string of the molecule is CCOC(=O)[C@]1(C)C[C@@](C)(C#N)[C@H]2N(Cc3ccccc3)CCN21. The minimum atomic E-state index is -0.726. The third kappa shape index (κ3) is 2.60. The van der Waals surface area contributed by atoms with Crippen molar-refractivity contribution in [3.63, 3.8) is 0 Å². The van der Waals surface area contributed by atoms with Gasteiger partial charge in [0, 0.05) is 19.6 Å². The van der Waals surface area contributed by atoms with Gasteiger partial charge in [-0.1, -0.05) is 30.3 Å². The summed E-state index contributed by atoms with van der Waals surface area (Å²) in [7, 11) is 0. The van der Waals surface area contributed by atoms with Crippen molar-refractivity contribution < 1.29 is 9.53 Å². The summed E-state index contributed by atoms with van der Waals surface area (Å²) < 4.78 is 5.32. The van der Waals surface area contributed by atoms with Crippen LogP contribution in [0.1, 0.15) is 32.8 Å². The summed E-state index contributed by atoms with van der Waals surface area (Å²) in [6, 6.07) is 12.8. The predicted octanol–water partition coefficient (Wildman–Crippen LogP) is 2.39. The molecule has 1 aromatic rings. The number of nitriles is 1. The Morgan fingerprint density at radius 1 is 1.33 bits per heavy atom. The van der Waals surface area contributed by atoms with Gasteiger partial charge in [0.15, 0.2) is 0 Å². The minimum absolute atomic E-state index is 0.0582. The predicted molar refractivity (Wildman–Crippen MR) is 90.7 cm³/mol. The molecule has 128 valence electrons. The van der Waals surface area contributed by atoms with Crippen LogP contribution >= 0.6 is 0 Å². The molecule has 0 bridgehead atoms. The zero-order valence-electron chi connectivity index (χ0n) is 14.7. The summed E-state index contributed by atoms with van der Waals surface area (Å²) in [6.07, 6.45) is 0.447. The van der Waals surface area contributed by atoms with Crippen LogP contribution < -0.4 is 0 Å². The Hall–Kier alpha value is -1.90. The first kappa shape index (κ1) is 16.9. The lowest BCUT2D eigenvalue weighted by atomic mass is 9.82. The van der Waals surface area contributed by atoms with E-state index in [1.807, 2.05) is 39.0 Å². The van der Waals surface area contributed by atoms with E-state index in [1.165, 1.54) is 5.56 Å². The van der Waals surface area contributed by atoms with Gasteiger partial charge < -0.3 is 4.74 Å². The van der Waals surface area contributed by atoms with Crippen molar-refractivity contribution in [1.82, 2.24) is 9.80 Å². The Kier molecular flexibility index (Phi) is 4.37. The van der Waals surface area contributed by atoms with E-state index in [0.29, 0.717) is 13.0 Å². The Morgan fingerprint density at radius 3 is 2.67 bits per heavy atom. The van der Waals surface area contributed by atoms with E-state index in [9.17, 15) is 10.1 Å². The highest BCUT2D eigenvalue weighted by Crippen LogP contribution is 2.50. The van der Waals surface area contributed by atoms with Crippen LogP contribution in [0.25, 0.3) is 0 Å². The van der Waals surface area contributed by atoms with Gasteiger partial charge in [-0.3, -0.25) is 14.6 Å². The number of ether oxygens (including phenoxy) is 1. The highest BCUT2D eigenvalue weighted by Gasteiger charge is 2.63. The molecule has 2 heterocycles. The Labute approximate surface area is 143 Å². The molecule has 2 aliphatic heterocycles. The van der Waals surface area contributed by atoms with Crippen LogP contribution in [0.15, 0.2) is 30.3 Å². The van der Waals surface area contributed by atoms with Gasteiger partial charge in [-0.15, -0.1) is 0 Å². The number of rotatable bonds is 4. The lowest BCUT2D eigenvalue weighted by Gasteiger charge is -2.34. The van der Waals surface area contributed by atoms with Crippen LogP contribution in [0, 0.1) is 16.7 Å². The lowest BCUT2D eigenvalue weighted by Crippen LogP contribution is -2.51. The van der Waals surface area contributed by atoms with Gasteiger partial charge in [0.2, 0.25) is 0 Å². The van der Waals surface area contributed by atoms with Crippen LogP contribution in [0.5, 0.6) is 0 Å². The summed E-state index contributed by atoms with van der Waals surface area (Å²) in [5.41, 5.74) is -0.0898. The highest BCUT2D eigenvalue weighted by atomic mass is 16.5. The largest absolute Gasteiger partial charge is 0.465 e. The molecule has 0 amide bonds. The first-order valence-corrected chi connectivity index (χ1v) is 8.58. The molecule has 3 rings (SSSR count). The quantitative estimate of drug-likeness (QED) is 0.795. The highest BCUT2D eigenvalue weighted by molar-refractivity contribution is 5.81. The molecule has 3 atom stereocenters. The number of hydrogen-bond donors (Lipinski definition) is 0. The fraction of sp³-hybridized carbons (Fsp3) is 0.579. The molecular weight excluding hydrogens is 302 g/mol. The van der Waals surface area contributed by atoms with Gasteiger partial charge in [0.05, 0.1) is 24.3 Å². The van der Waals surface area contributed by atoms with Gasteiger partial charge in [-0.25, -0.2) is 0 Å². The molecule has 0 aliphatic carbocycles. The zero-order chi connectivity index (χ0) is 17.4. The number of esters is 1. The molecule has 1 aromatic carbocycles. The fourth-order valence-corrected chi connectivity index (χ4v) is 4.41.